The second-order valence-electron chi connectivity index (χ2n) is 4.93. The minimum Gasteiger partial charge on any atom is -0.469 e. The highest BCUT2D eigenvalue weighted by molar-refractivity contribution is 5.39. The fourth-order valence-electron chi connectivity index (χ4n) is 1.82. The van der Waals surface area contributed by atoms with Crippen LogP contribution in [0.3, 0.4) is 0 Å². The third-order valence-corrected chi connectivity index (χ3v) is 3.11. The van der Waals surface area contributed by atoms with Crippen molar-refractivity contribution in [3.8, 4) is 5.88 Å². The van der Waals surface area contributed by atoms with Gasteiger partial charge in [0.05, 0.1) is 13.2 Å². The van der Waals surface area contributed by atoms with Crippen molar-refractivity contribution in [2.45, 2.75) is 38.2 Å². The number of nitrogens with zero attached hydrogens (tertiary/aromatic N) is 2. The van der Waals surface area contributed by atoms with Crippen molar-refractivity contribution < 1.29 is 9.47 Å². The normalized spacial score (nSPS) is 19.4. The molecule has 5 heteroatoms. The quantitative estimate of drug-likeness (QED) is 0.835. The number of nitrogens with one attached hydrogen (secondary N) is 1. The largest absolute Gasteiger partial charge is 0.469 e. The molecule has 2 fully saturated rings. The van der Waals surface area contributed by atoms with E-state index >= 15 is 0 Å². The molecule has 2 heterocycles. The van der Waals surface area contributed by atoms with Gasteiger partial charge in [0, 0.05) is 18.5 Å². The topological polar surface area (TPSA) is 56.3 Å². The number of hydrogen-bond acceptors (Lipinski definition) is 5. The lowest BCUT2D eigenvalue weighted by molar-refractivity contribution is -0.0814. The Morgan fingerprint density at radius 3 is 2.83 bits per heavy atom. The summed E-state index contributed by atoms with van der Waals surface area (Å²) in [5.41, 5.74) is 0. The molecular weight excluding hydrogens is 230 g/mol. The molecule has 1 aliphatic carbocycles. The van der Waals surface area contributed by atoms with Crippen LogP contribution in [-0.2, 0) is 4.74 Å². The molecule has 5 nitrogen and oxygen atoms in total. The van der Waals surface area contributed by atoms with Gasteiger partial charge in [0.1, 0.15) is 17.7 Å². The Morgan fingerprint density at radius 1 is 1.39 bits per heavy atom. The van der Waals surface area contributed by atoms with Crippen LogP contribution < -0.4 is 10.1 Å². The molecular formula is C13H19N3O2. The Hall–Kier alpha value is -1.36. The van der Waals surface area contributed by atoms with E-state index in [4.69, 9.17) is 9.47 Å². The molecule has 2 aliphatic rings. The highest BCUT2D eigenvalue weighted by atomic mass is 16.6. The van der Waals surface area contributed by atoms with Gasteiger partial charge in [0.25, 0.3) is 0 Å². The van der Waals surface area contributed by atoms with E-state index in [0.29, 0.717) is 25.0 Å². The SMILES string of the molecule is CCCNc1cc(OC2COC2)nc(C2CC2)n1. The van der Waals surface area contributed by atoms with Crippen molar-refractivity contribution in [2.24, 2.45) is 0 Å². The molecule has 0 amide bonds. The molecule has 98 valence electrons. The molecule has 0 unspecified atom stereocenters. The number of anilines is 1. The molecule has 1 aliphatic heterocycles. The summed E-state index contributed by atoms with van der Waals surface area (Å²) in [5.74, 6) is 3.02. The van der Waals surface area contributed by atoms with Crippen molar-refractivity contribution in [3.63, 3.8) is 0 Å². The summed E-state index contributed by atoms with van der Waals surface area (Å²) < 4.78 is 10.9. The predicted molar refractivity (Wildman–Crippen MR) is 68.0 cm³/mol. The summed E-state index contributed by atoms with van der Waals surface area (Å²) >= 11 is 0. The van der Waals surface area contributed by atoms with Gasteiger partial charge in [-0.25, -0.2) is 4.98 Å². The van der Waals surface area contributed by atoms with Gasteiger partial charge in [-0.3, -0.25) is 0 Å². The van der Waals surface area contributed by atoms with Crippen LogP contribution in [0.25, 0.3) is 0 Å². The summed E-state index contributed by atoms with van der Waals surface area (Å²) in [6, 6.07) is 1.89. The van der Waals surface area contributed by atoms with Crippen molar-refractivity contribution in [1.82, 2.24) is 9.97 Å². The highest BCUT2D eigenvalue weighted by Gasteiger charge is 2.28. The van der Waals surface area contributed by atoms with Gasteiger partial charge in [0.15, 0.2) is 0 Å². The van der Waals surface area contributed by atoms with Gasteiger partial charge in [-0.2, -0.15) is 4.98 Å². The van der Waals surface area contributed by atoms with Crippen LogP contribution in [0.2, 0.25) is 0 Å². The lowest BCUT2D eigenvalue weighted by atomic mass is 10.3. The first kappa shape index (κ1) is 11.7. The Balaban J connectivity index is 1.74. The van der Waals surface area contributed by atoms with Gasteiger partial charge >= 0.3 is 0 Å². The van der Waals surface area contributed by atoms with Gasteiger partial charge in [-0.1, -0.05) is 6.92 Å². The van der Waals surface area contributed by atoms with E-state index in [2.05, 4.69) is 22.2 Å². The maximum atomic E-state index is 5.77. The van der Waals surface area contributed by atoms with Crippen molar-refractivity contribution in [3.05, 3.63) is 11.9 Å². The minimum absolute atomic E-state index is 0.158. The molecule has 1 saturated heterocycles. The smallest absolute Gasteiger partial charge is 0.219 e. The average molecular weight is 249 g/mol. The van der Waals surface area contributed by atoms with E-state index in [0.717, 1.165) is 24.6 Å². The van der Waals surface area contributed by atoms with Gasteiger partial charge in [-0.15, -0.1) is 0 Å². The van der Waals surface area contributed by atoms with Crippen LogP contribution in [0.1, 0.15) is 37.9 Å². The standard InChI is InChI=1S/C13H19N3O2/c1-2-5-14-11-6-12(18-10-7-17-8-10)16-13(15-11)9-3-4-9/h6,9-10H,2-5,7-8H2,1H3,(H,14,15,16). The van der Waals surface area contributed by atoms with Gasteiger partial charge in [0.2, 0.25) is 5.88 Å². The van der Waals surface area contributed by atoms with Crippen LogP contribution in [0.4, 0.5) is 5.82 Å². The molecule has 0 bridgehead atoms. The molecule has 3 rings (SSSR count). The molecule has 1 aromatic heterocycles. The Morgan fingerprint density at radius 2 is 2.22 bits per heavy atom. The number of hydrogen-bond donors (Lipinski definition) is 1. The first-order valence-electron chi connectivity index (χ1n) is 6.72. The Bertz CT molecular complexity index is 417. The van der Waals surface area contributed by atoms with Crippen molar-refractivity contribution in [2.75, 3.05) is 25.1 Å². The van der Waals surface area contributed by atoms with Crippen LogP contribution in [0.15, 0.2) is 6.07 Å². The maximum absolute atomic E-state index is 5.77. The summed E-state index contributed by atoms with van der Waals surface area (Å²) in [5, 5.41) is 3.30. The molecule has 0 radical (unpaired) electrons. The first-order valence-corrected chi connectivity index (χ1v) is 6.72. The second-order valence-corrected chi connectivity index (χ2v) is 4.93. The Labute approximate surface area is 107 Å². The van der Waals surface area contributed by atoms with E-state index < -0.39 is 0 Å². The molecule has 0 spiro atoms. The fourth-order valence-corrected chi connectivity index (χ4v) is 1.82. The maximum Gasteiger partial charge on any atom is 0.219 e. The monoisotopic (exact) mass is 249 g/mol. The zero-order valence-corrected chi connectivity index (χ0v) is 10.7. The average Bonchev–Trinajstić information content (AvgIpc) is 3.15. The summed E-state index contributed by atoms with van der Waals surface area (Å²) in [6.45, 7) is 4.40. The van der Waals surface area contributed by atoms with Crippen LogP contribution in [0.5, 0.6) is 5.88 Å². The molecule has 18 heavy (non-hydrogen) atoms. The van der Waals surface area contributed by atoms with Crippen LogP contribution in [0, 0.1) is 0 Å². The molecule has 1 saturated carbocycles. The third kappa shape index (κ3) is 2.72. The molecule has 0 aromatic carbocycles. The van der Waals surface area contributed by atoms with Gasteiger partial charge < -0.3 is 14.8 Å². The lowest BCUT2D eigenvalue weighted by Crippen LogP contribution is -2.38. The molecule has 1 aromatic rings. The number of aromatic nitrogens is 2. The van der Waals surface area contributed by atoms with E-state index in [9.17, 15) is 0 Å². The molecule has 0 atom stereocenters. The van der Waals surface area contributed by atoms with E-state index in [1.54, 1.807) is 0 Å². The number of rotatable bonds is 6. The minimum atomic E-state index is 0.158. The van der Waals surface area contributed by atoms with Crippen molar-refractivity contribution in [1.29, 1.82) is 0 Å². The van der Waals surface area contributed by atoms with Gasteiger partial charge in [-0.05, 0) is 19.3 Å². The highest BCUT2D eigenvalue weighted by Crippen LogP contribution is 2.39. The van der Waals surface area contributed by atoms with E-state index in [1.165, 1.54) is 12.8 Å². The zero-order valence-electron chi connectivity index (χ0n) is 10.7. The van der Waals surface area contributed by atoms with Crippen molar-refractivity contribution >= 4 is 5.82 Å². The first-order chi connectivity index (χ1) is 8.85. The summed E-state index contributed by atoms with van der Waals surface area (Å²) in [7, 11) is 0. The Kier molecular flexibility index (Phi) is 3.32. The fraction of sp³-hybridized carbons (Fsp3) is 0.692. The summed E-state index contributed by atoms with van der Waals surface area (Å²) in [6.07, 6.45) is 3.63. The predicted octanol–water partition coefficient (Wildman–Crippen LogP) is 1.95. The summed E-state index contributed by atoms with van der Waals surface area (Å²) in [4.78, 5) is 9.05. The van der Waals surface area contributed by atoms with E-state index in [1.807, 2.05) is 6.07 Å². The van der Waals surface area contributed by atoms with Crippen LogP contribution in [-0.4, -0.2) is 35.8 Å². The van der Waals surface area contributed by atoms with Crippen LogP contribution >= 0.6 is 0 Å². The lowest BCUT2D eigenvalue weighted by Gasteiger charge is -2.26. The second kappa shape index (κ2) is 5.10. The zero-order chi connectivity index (χ0) is 12.4. The third-order valence-electron chi connectivity index (χ3n) is 3.11. The number of ether oxygens (including phenoxy) is 2. The van der Waals surface area contributed by atoms with E-state index in [-0.39, 0.29) is 6.10 Å². The molecule has 1 N–H and O–H groups in total.